The second kappa shape index (κ2) is 4.60. The second-order valence-corrected chi connectivity index (χ2v) is 3.69. The molecule has 66 valence electrons. The molecule has 0 radical (unpaired) electrons. The van der Waals surface area contributed by atoms with E-state index in [1.54, 1.807) is 0 Å². The molecule has 12 heavy (non-hydrogen) atoms. The summed E-state index contributed by atoms with van der Waals surface area (Å²) < 4.78 is 1.13. The normalized spacial score (nSPS) is 10.2. The predicted molar refractivity (Wildman–Crippen MR) is 54.8 cm³/mol. The van der Waals surface area contributed by atoms with Gasteiger partial charge in [-0.25, -0.2) is 0 Å². The molecule has 0 saturated heterocycles. The van der Waals surface area contributed by atoms with Gasteiger partial charge in [0.25, 0.3) is 0 Å². The van der Waals surface area contributed by atoms with E-state index in [2.05, 4.69) is 46.5 Å². The van der Waals surface area contributed by atoms with Crippen molar-refractivity contribution in [3.05, 3.63) is 33.8 Å². The lowest BCUT2D eigenvalue weighted by Gasteiger charge is -2.05. The van der Waals surface area contributed by atoms with Crippen LogP contribution in [0.25, 0.3) is 0 Å². The van der Waals surface area contributed by atoms with Crippen LogP contribution in [0.4, 0.5) is 0 Å². The molecular weight excluding hydrogens is 216 g/mol. The van der Waals surface area contributed by atoms with Crippen LogP contribution in [-0.2, 0) is 6.42 Å². The first-order chi connectivity index (χ1) is 5.74. The van der Waals surface area contributed by atoms with Gasteiger partial charge >= 0.3 is 0 Å². The molecule has 1 aromatic rings. The lowest BCUT2D eigenvalue weighted by molar-refractivity contribution is 0.726. The van der Waals surface area contributed by atoms with E-state index in [-0.39, 0.29) is 0 Å². The van der Waals surface area contributed by atoms with Crippen LogP contribution in [0.3, 0.4) is 0 Å². The highest BCUT2D eigenvalue weighted by atomic mass is 79.9. The third-order valence-corrected chi connectivity index (χ3v) is 2.34. The number of aryl methyl sites for hydroxylation is 1. The van der Waals surface area contributed by atoms with Crippen LogP contribution in [0.15, 0.2) is 22.7 Å². The number of rotatable bonds is 3. The maximum absolute atomic E-state index is 5.20. The van der Waals surface area contributed by atoms with E-state index in [0.29, 0.717) is 0 Å². The van der Waals surface area contributed by atoms with Crippen LogP contribution in [0, 0.1) is 6.92 Å². The number of nitrogens with one attached hydrogen (secondary N) is 1. The summed E-state index contributed by atoms with van der Waals surface area (Å²) in [4.78, 5) is 0. The first-order valence-corrected chi connectivity index (χ1v) is 4.72. The minimum absolute atomic E-state index is 0.817. The number of halogens is 1. The third-order valence-electron chi connectivity index (χ3n) is 1.85. The Hall–Kier alpha value is -0.380. The Labute approximate surface area is 81.3 Å². The van der Waals surface area contributed by atoms with Gasteiger partial charge in [0, 0.05) is 11.0 Å². The summed E-state index contributed by atoms with van der Waals surface area (Å²) in [5.74, 6) is 5.20. The van der Waals surface area contributed by atoms with E-state index < -0.39 is 0 Å². The van der Waals surface area contributed by atoms with E-state index in [4.69, 9.17) is 5.84 Å². The minimum Gasteiger partial charge on any atom is -0.271 e. The van der Waals surface area contributed by atoms with Gasteiger partial charge in [0.1, 0.15) is 0 Å². The molecule has 0 unspecified atom stereocenters. The zero-order chi connectivity index (χ0) is 8.97. The lowest BCUT2D eigenvalue weighted by atomic mass is 10.1. The van der Waals surface area contributed by atoms with E-state index >= 15 is 0 Å². The van der Waals surface area contributed by atoms with Gasteiger partial charge in [-0.05, 0) is 36.6 Å². The average molecular weight is 229 g/mol. The Morgan fingerprint density at radius 1 is 1.50 bits per heavy atom. The Morgan fingerprint density at radius 2 is 2.25 bits per heavy atom. The maximum Gasteiger partial charge on any atom is 0.0178 e. The summed E-state index contributed by atoms with van der Waals surface area (Å²) in [7, 11) is 0. The Bertz CT molecular complexity index is 261. The largest absolute Gasteiger partial charge is 0.271 e. The summed E-state index contributed by atoms with van der Waals surface area (Å²) in [6, 6.07) is 6.29. The summed E-state index contributed by atoms with van der Waals surface area (Å²) in [5, 5.41) is 0. The standard InChI is InChI=1S/C9H13BrN2/c1-7-2-3-9(10)6-8(7)4-5-12-11/h2-3,6,12H,4-5,11H2,1H3. The van der Waals surface area contributed by atoms with Crippen molar-refractivity contribution in [1.82, 2.24) is 5.43 Å². The fourth-order valence-electron chi connectivity index (χ4n) is 1.12. The molecule has 0 spiro atoms. The molecule has 0 aliphatic heterocycles. The average Bonchev–Trinajstić information content (AvgIpc) is 2.07. The molecular formula is C9H13BrN2. The lowest BCUT2D eigenvalue weighted by Crippen LogP contribution is -2.24. The van der Waals surface area contributed by atoms with Crippen molar-refractivity contribution in [3.63, 3.8) is 0 Å². The molecule has 0 aliphatic rings. The van der Waals surface area contributed by atoms with Crippen LogP contribution >= 0.6 is 15.9 Å². The molecule has 2 nitrogen and oxygen atoms in total. The Balaban J connectivity index is 2.75. The second-order valence-electron chi connectivity index (χ2n) is 2.77. The van der Waals surface area contributed by atoms with E-state index in [0.717, 1.165) is 17.4 Å². The fraction of sp³-hybridized carbons (Fsp3) is 0.333. The van der Waals surface area contributed by atoms with Gasteiger partial charge in [0.05, 0.1) is 0 Å². The number of hydrazine groups is 1. The van der Waals surface area contributed by atoms with Gasteiger partial charge in [-0.2, -0.15) is 0 Å². The van der Waals surface area contributed by atoms with Crippen molar-refractivity contribution in [2.45, 2.75) is 13.3 Å². The van der Waals surface area contributed by atoms with Crippen LogP contribution in [0.5, 0.6) is 0 Å². The van der Waals surface area contributed by atoms with Gasteiger partial charge in [-0.15, -0.1) is 0 Å². The SMILES string of the molecule is Cc1ccc(Br)cc1CCNN. The first kappa shape index (κ1) is 9.71. The van der Waals surface area contributed by atoms with Gasteiger partial charge in [-0.1, -0.05) is 22.0 Å². The third kappa shape index (κ3) is 2.59. The minimum atomic E-state index is 0.817. The Morgan fingerprint density at radius 3 is 2.92 bits per heavy atom. The molecule has 0 heterocycles. The summed E-state index contributed by atoms with van der Waals surface area (Å²) in [5.41, 5.74) is 5.30. The van der Waals surface area contributed by atoms with Crippen LogP contribution in [-0.4, -0.2) is 6.54 Å². The van der Waals surface area contributed by atoms with E-state index in [1.807, 2.05) is 0 Å². The number of hydrogen-bond acceptors (Lipinski definition) is 2. The Kier molecular flexibility index (Phi) is 3.72. The summed E-state index contributed by atoms with van der Waals surface area (Å²) in [6.45, 7) is 2.93. The fourth-order valence-corrected chi connectivity index (χ4v) is 1.52. The highest BCUT2D eigenvalue weighted by Gasteiger charge is 1.97. The van der Waals surface area contributed by atoms with E-state index in [9.17, 15) is 0 Å². The molecule has 0 aromatic heterocycles. The molecule has 1 aromatic carbocycles. The number of nitrogens with two attached hydrogens (primary N) is 1. The zero-order valence-electron chi connectivity index (χ0n) is 7.10. The quantitative estimate of drug-likeness (QED) is 0.612. The molecule has 0 bridgehead atoms. The highest BCUT2D eigenvalue weighted by molar-refractivity contribution is 9.10. The molecule has 0 atom stereocenters. The van der Waals surface area contributed by atoms with Gasteiger partial charge in [0.15, 0.2) is 0 Å². The molecule has 3 heteroatoms. The molecule has 0 fully saturated rings. The van der Waals surface area contributed by atoms with Crippen molar-refractivity contribution < 1.29 is 0 Å². The van der Waals surface area contributed by atoms with Crippen LogP contribution < -0.4 is 11.3 Å². The number of benzene rings is 1. The molecule has 3 N–H and O–H groups in total. The first-order valence-electron chi connectivity index (χ1n) is 3.92. The molecule has 0 saturated carbocycles. The van der Waals surface area contributed by atoms with Crippen LogP contribution in [0.1, 0.15) is 11.1 Å². The van der Waals surface area contributed by atoms with Crippen molar-refractivity contribution in [2.24, 2.45) is 5.84 Å². The van der Waals surface area contributed by atoms with E-state index in [1.165, 1.54) is 11.1 Å². The smallest absolute Gasteiger partial charge is 0.0178 e. The van der Waals surface area contributed by atoms with Gasteiger partial charge in [-0.3, -0.25) is 11.3 Å². The monoisotopic (exact) mass is 228 g/mol. The maximum atomic E-state index is 5.20. The van der Waals surface area contributed by atoms with Crippen molar-refractivity contribution in [2.75, 3.05) is 6.54 Å². The zero-order valence-corrected chi connectivity index (χ0v) is 8.69. The van der Waals surface area contributed by atoms with Crippen molar-refractivity contribution >= 4 is 15.9 Å². The summed E-state index contributed by atoms with van der Waals surface area (Å²) >= 11 is 3.44. The number of hydrogen-bond donors (Lipinski definition) is 2. The molecule has 1 rings (SSSR count). The topological polar surface area (TPSA) is 38.0 Å². The van der Waals surface area contributed by atoms with Crippen molar-refractivity contribution in [3.8, 4) is 0 Å². The van der Waals surface area contributed by atoms with Crippen LogP contribution in [0.2, 0.25) is 0 Å². The van der Waals surface area contributed by atoms with Crippen molar-refractivity contribution in [1.29, 1.82) is 0 Å². The molecule has 0 aliphatic carbocycles. The summed E-state index contributed by atoms with van der Waals surface area (Å²) in [6.07, 6.45) is 0.974. The predicted octanol–water partition coefficient (Wildman–Crippen LogP) is 1.76. The van der Waals surface area contributed by atoms with Gasteiger partial charge in [0.2, 0.25) is 0 Å². The molecule has 0 amide bonds. The van der Waals surface area contributed by atoms with Gasteiger partial charge < -0.3 is 0 Å². The highest BCUT2D eigenvalue weighted by Crippen LogP contribution is 2.15.